The molecular weight excluding hydrogens is 394 g/mol. The monoisotopic (exact) mass is 419 g/mol. The molecule has 2 N–H and O–H groups in total. The van der Waals surface area contributed by atoms with E-state index in [1.807, 2.05) is 18.2 Å². The van der Waals surface area contributed by atoms with Gasteiger partial charge >= 0.3 is 0 Å². The Balaban J connectivity index is 1.63. The highest BCUT2D eigenvalue weighted by Gasteiger charge is 2.26. The van der Waals surface area contributed by atoms with Gasteiger partial charge in [-0.05, 0) is 43.3 Å². The molecule has 0 spiro atoms. The van der Waals surface area contributed by atoms with Crippen LogP contribution >= 0.6 is 0 Å². The summed E-state index contributed by atoms with van der Waals surface area (Å²) in [5, 5.41) is 5.90. The summed E-state index contributed by atoms with van der Waals surface area (Å²) in [6.07, 6.45) is 0. The molecule has 0 saturated carbocycles. The minimum absolute atomic E-state index is 0.192. The van der Waals surface area contributed by atoms with Gasteiger partial charge in [-0.15, -0.1) is 0 Å². The summed E-state index contributed by atoms with van der Waals surface area (Å²) in [5.41, 5.74) is 1.23. The van der Waals surface area contributed by atoms with E-state index < -0.39 is 16.1 Å². The lowest BCUT2D eigenvalue weighted by Gasteiger charge is -2.26. The number of nitrogens with one attached hydrogen (secondary N) is 2. The van der Waals surface area contributed by atoms with Crippen molar-refractivity contribution >= 4 is 27.3 Å². The largest absolute Gasteiger partial charge is 0.495 e. The average molecular weight is 420 g/mol. The van der Waals surface area contributed by atoms with Gasteiger partial charge in [0.2, 0.25) is 15.9 Å². The molecule has 2 aromatic carbocycles. The van der Waals surface area contributed by atoms with E-state index in [0.717, 1.165) is 0 Å². The second kappa shape index (κ2) is 9.25. The number of nitrogens with zero attached hydrogens (tertiary/aromatic N) is 1. The Bertz CT molecular complexity index is 941. The summed E-state index contributed by atoms with van der Waals surface area (Å²) in [4.78, 5) is 12.7. The molecule has 2 aromatic rings. The third kappa shape index (κ3) is 5.06. The molecule has 29 heavy (non-hydrogen) atoms. The fourth-order valence-corrected chi connectivity index (χ4v) is 4.37. The maximum absolute atomic E-state index is 12.7. The minimum Gasteiger partial charge on any atom is -0.495 e. The minimum atomic E-state index is -3.56. The van der Waals surface area contributed by atoms with E-state index in [2.05, 4.69) is 10.6 Å². The van der Waals surface area contributed by atoms with Gasteiger partial charge in [-0.1, -0.05) is 12.1 Å². The molecule has 0 unspecified atom stereocenters. The SMILES string of the molecule is COc1ccccc1N[C@H](C)C(=O)Nc1ccc(S(=O)(=O)N2CCOCC2)cc1. The van der Waals surface area contributed by atoms with Crippen LogP contribution in [0, 0.1) is 0 Å². The molecule has 9 heteroatoms. The highest BCUT2D eigenvalue weighted by molar-refractivity contribution is 7.89. The number of sulfonamides is 1. The molecule has 1 atom stereocenters. The van der Waals surface area contributed by atoms with E-state index in [-0.39, 0.29) is 10.8 Å². The molecule has 1 fully saturated rings. The Hall–Kier alpha value is -2.62. The number of anilines is 2. The zero-order valence-electron chi connectivity index (χ0n) is 16.4. The van der Waals surface area contributed by atoms with Crippen LogP contribution in [0.2, 0.25) is 0 Å². The van der Waals surface area contributed by atoms with E-state index in [0.29, 0.717) is 43.4 Å². The first-order valence-corrected chi connectivity index (χ1v) is 10.7. The Morgan fingerprint density at radius 2 is 1.76 bits per heavy atom. The second-order valence-corrected chi connectivity index (χ2v) is 8.53. The van der Waals surface area contributed by atoms with E-state index in [1.165, 1.54) is 16.4 Å². The number of morpholine rings is 1. The lowest BCUT2D eigenvalue weighted by molar-refractivity contribution is -0.116. The smallest absolute Gasteiger partial charge is 0.246 e. The van der Waals surface area contributed by atoms with Crippen molar-refractivity contribution in [2.24, 2.45) is 0 Å². The molecule has 1 heterocycles. The van der Waals surface area contributed by atoms with Crippen molar-refractivity contribution in [1.82, 2.24) is 4.31 Å². The predicted octanol–water partition coefficient (Wildman–Crippen LogP) is 2.16. The Labute approximate surface area is 170 Å². The molecule has 156 valence electrons. The van der Waals surface area contributed by atoms with Gasteiger partial charge in [-0.2, -0.15) is 4.31 Å². The van der Waals surface area contributed by atoms with E-state index in [4.69, 9.17) is 9.47 Å². The van der Waals surface area contributed by atoms with Crippen molar-refractivity contribution in [3.8, 4) is 5.75 Å². The number of carbonyl (C=O) groups is 1. The van der Waals surface area contributed by atoms with Crippen LogP contribution in [0.3, 0.4) is 0 Å². The Kier molecular flexibility index (Phi) is 6.73. The normalized spacial score (nSPS) is 16.1. The van der Waals surface area contributed by atoms with Crippen molar-refractivity contribution in [1.29, 1.82) is 0 Å². The summed E-state index contributed by atoms with van der Waals surface area (Å²) in [7, 11) is -1.99. The number of benzene rings is 2. The zero-order chi connectivity index (χ0) is 20.9. The molecule has 0 aliphatic carbocycles. The van der Waals surface area contributed by atoms with Crippen LogP contribution in [0.25, 0.3) is 0 Å². The molecule has 1 aliphatic rings. The van der Waals surface area contributed by atoms with Crippen molar-refractivity contribution < 1.29 is 22.7 Å². The van der Waals surface area contributed by atoms with Crippen LogP contribution in [0.1, 0.15) is 6.92 Å². The van der Waals surface area contributed by atoms with Gasteiger partial charge in [-0.25, -0.2) is 8.42 Å². The van der Waals surface area contributed by atoms with Crippen LogP contribution < -0.4 is 15.4 Å². The van der Waals surface area contributed by atoms with Gasteiger partial charge < -0.3 is 20.1 Å². The lowest BCUT2D eigenvalue weighted by Crippen LogP contribution is -2.40. The number of amides is 1. The van der Waals surface area contributed by atoms with Gasteiger partial charge in [0.05, 0.1) is 30.9 Å². The first-order chi connectivity index (χ1) is 13.9. The van der Waals surface area contributed by atoms with E-state index in [9.17, 15) is 13.2 Å². The lowest BCUT2D eigenvalue weighted by atomic mass is 10.2. The summed E-state index contributed by atoms with van der Waals surface area (Å²) in [6, 6.07) is 13.0. The van der Waals surface area contributed by atoms with Gasteiger partial charge in [0.1, 0.15) is 11.8 Å². The number of carbonyl (C=O) groups excluding carboxylic acids is 1. The van der Waals surface area contributed by atoms with Crippen LogP contribution in [-0.4, -0.2) is 58.1 Å². The van der Waals surface area contributed by atoms with E-state index in [1.54, 1.807) is 32.2 Å². The maximum atomic E-state index is 12.7. The summed E-state index contributed by atoms with van der Waals surface area (Å²) in [6.45, 7) is 3.20. The number of hydrogen-bond donors (Lipinski definition) is 2. The number of methoxy groups -OCH3 is 1. The highest BCUT2D eigenvalue weighted by Crippen LogP contribution is 2.24. The highest BCUT2D eigenvalue weighted by atomic mass is 32.2. The third-order valence-corrected chi connectivity index (χ3v) is 6.51. The van der Waals surface area contributed by atoms with Crippen LogP contribution in [0.4, 0.5) is 11.4 Å². The third-order valence-electron chi connectivity index (χ3n) is 4.60. The number of ether oxygens (including phenoxy) is 2. The summed E-state index contributed by atoms with van der Waals surface area (Å²) >= 11 is 0. The molecule has 0 radical (unpaired) electrons. The molecule has 3 rings (SSSR count). The molecular formula is C20H25N3O5S. The van der Waals surface area contributed by atoms with E-state index >= 15 is 0 Å². The Morgan fingerprint density at radius 1 is 1.10 bits per heavy atom. The zero-order valence-corrected chi connectivity index (χ0v) is 17.2. The first kappa shape index (κ1) is 21.1. The predicted molar refractivity (Wildman–Crippen MR) is 111 cm³/mol. The van der Waals surface area contributed by atoms with Crippen LogP contribution in [-0.2, 0) is 19.6 Å². The molecule has 0 bridgehead atoms. The summed E-state index contributed by atoms with van der Waals surface area (Å²) in [5.74, 6) is 0.393. The van der Waals surface area contributed by atoms with Crippen molar-refractivity contribution in [3.05, 3.63) is 48.5 Å². The fourth-order valence-electron chi connectivity index (χ4n) is 2.96. The molecule has 1 saturated heterocycles. The quantitative estimate of drug-likeness (QED) is 0.714. The molecule has 0 aromatic heterocycles. The second-order valence-electron chi connectivity index (χ2n) is 6.60. The average Bonchev–Trinajstić information content (AvgIpc) is 2.75. The maximum Gasteiger partial charge on any atom is 0.246 e. The first-order valence-electron chi connectivity index (χ1n) is 9.30. The molecule has 1 aliphatic heterocycles. The number of para-hydroxylation sites is 2. The summed E-state index contributed by atoms with van der Waals surface area (Å²) < 4.78 is 37.2. The van der Waals surface area contributed by atoms with Crippen molar-refractivity contribution in [2.45, 2.75) is 17.9 Å². The number of rotatable bonds is 7. The van der Waals surface area contributed by atoms with Crippen LogP contribution in [0.5, 0.6) is 5.75 Å². The van der Waals surface area contributed by atoms with Crippen molar-refractivity contribution in [3.63, 3.8) is 0 Å². The molecule has 8 nitrogen and oxygen atoms in total. The van der Waals surface area contributed by atoms with Crippen molar-refractivity contribution in [2.75, 3.05) is 44.0 Å². The van der Waals surface area contributed by atoms with Gasteiger partial charge in [0, 0.05) is 18.8 Å². The number of hydrogen-bond acceptors (Lipinski definition) is 6. The van der Waals surface area contributed by atoms with Gasteiger partial charge in [-0.3, -0.25) is 4.79 Å². The Morgan fingerprint density at radius 3 is 2.41 bits per heavy atom. The van der Waals surface area contributed by atoms with Gasteiger partial charge in [0.25, 0.3) is 0 Å². The van der Waals surface area contributed by atoms with Crippen LogP contribution in [0.15, 0.2) is 53.4 Å². The standard InChI is InChI=1S/C20H25N3O5S/c1-15(21-18-5-3-4-6-19(18)27-2)20(24)22-16-7-9-17(10-8-16)29(25,26)23-11-13-28-14-12-23/h3-10,15,21H,11-14H2,1-2H3,(H,22,24)/t15-/m1/s1. The topological polar surface area (TPSA) is 97.0 Å². The molecule has 1 amide bonds. The van der Waals surface area contributed by atoms with Gasteiger partial charge in [0.15, 0.2) is 0 Å². The fraction of sp³-hybridized carbons (Fsp3) is 0.350.